The summed E-state index contributed by atoms with van der Waals surface area (Å²) in [5, 5.41) is 6.91. The van der Waals surface area contributed by atoms with Crippen molar-refractivity contribution in [2.24, 2.45) is 14.1 Å². The maximum absolute atomic E-state index is 12.9. The van der Waals surface area contributed by atoms with Crippen LogP contribution in [0.4, 0.5) is 13.2 Å². The van der Waals surface area contributed by atoms with E-state index in [0.717, 1.165) is 7.05 Å². The lowest BCUT2D eigenvalue weighted by molar-refractivity contribution is -0.143. The lowest BCUT2D eigenvalue weighted by Crippen LogP contribution is -2.28. The van der Waals surface area contributed by atoms with Crippen LogP contribution in [0.1, 0.15) is 21.9 Å². The summed E-state index contributed by atoms with van der Waals surface area (Å²) in [6.45, 7) is 0.129. The van der Waals surface area contributed by atoms with Crippen LogP contribution in [0.3, 0.4) is 0 Å². The van der Waals surface area contributed by atoms with E-state index in [9.17, 15) is 18.0 Å². The van der Waals surface area contributed by atoms with Gasteiger partial charge in [0.05, 0.1) is 22.9 Å². The fraction of sp³-hybridized carbons (Fsp3) is 0.417. The lowest BCUT2D eigenvalue weighted by atomic mass is 10.3. The molecule has 0 aromatic carbocycles. The third-order valence-corrected chi connectivity index (χ3v) is 4.23. The molecule has 0 N–H and O–H groups in total. The number of carbonyl (C=O) groups is 1. The molecule has 6 nitrogen and oxygen atoms in total. The molecule has 126 valence electrons. The lowest BCUT2D eigenvalue weighted by Gasteiger charge is -2.16. The molecule has 0 aliphatic heterocycles. The van der Waals surface area contributed by atoms with Gasteiger partial charge in [0.2, 0.25) is 0 Å². The molecule has 1 amide bonds. The first kappa shape index (κ1) is 17.8. The fourth-order valence-electron chi connectivity index (χ4n) is 2.03. The van der Waals surface area contributed by atoms with Crippen molar-refractivity contribution in [1.82, 2.24) is 24.5 Å². The highest BCUT2D eigenvalue weighted by atomic mass is 79.9. The molecule has 0 unspecified atom stereocenters. The topological polar surface area (TPSA) is 56.0 Å². The summed E-state index contributed by atoms with van der Waals surface area (Å²) < 4.78 is 41.5. The van der Waals surface area contributed by atoms with Crippen molar-refractivity contribution < 1.29 is 18.0 Å². The van der Waals surface area contributed by atoms with E-state index in [1.807, 2.05) is 0 Å². The van der Waals surface area contributed by atoms with Gasteiger partial charge in [-0.15, -0.1) is 0 Å². The van der Waals surface area contributed by atoms with Crippen LogP contribution in [0.2, 0.25) is 5.02 Å². The zero-order chi connectivity index (χ0) is 17.5. The van der Waals surface area contributed by atoms with E-state index in [1.165, 1.54) is 11.9 Å². The van der Waals surface area contributed by atoms with Gasteiger partial charge in [-0.2, -0.15) is 23.4 Å². The van der Waals surface area contributed by atoms with Crippen LogP contribution in [0.15, 0.2) is 10.7 Å². The summed E-state index contributed by atoms with van der Waals surface area (Å²) in [7, 11) is 4.22. The van der Waals surface area contributed by atoms with Crippen molar-refractivity contribution >= 4 is 33.4 Å². The minimum Gasteiger partial charge on any atom is -0.334 e. The van der Waals surface area contributed by atoms with E-state index < -0.39 is 28.5 Å². The van der Waals surface area contributed by atoms with Crippen LogP contribution in [0.5, 0.6) is 0 Å². The fourth-order valence-corrected chi connectivity index (χ4v) is 2.86. The first-order chi connectivity index (χ1) is 10.5. The number of aromatic nitrogens is 4. The second-order valence-electron chi connectivity index (χ2n) is 4.86. The molecule has 2 heterocycles. The summed E-state index contributed by atoms with van der Waals surface area (Å²) >= 11 is 9.01. The van der Waals surface area contributed by atoms with Crippen molar-refractivity contribution in [2.75, 3.05) is 7.05 Å². The minimum absolute atomic E-state index is 0.129. The maximum atomic E-state index is 12.9. The highest BCUT2D eigenvalue weighted by Gasteiger charge is 2.40. The van der Waals surface area contributed by atoms with Crippen LogP contribution in [0.25, 0.3) is 0 Å². The molecule has 0 aliphatic rings. The monoisotopic (exact) mass is 413 g/mol. The number of aryl methyl sites for hydroxylation is 2. The van der Waals surface area contributed by atoms with E-state index in [0.29, 0.717) is 14.8 Å². The molecule has 0 fully saturated rings. The summed E-state index contributed by atoms with van der Waals surface area (Å²) in [5.41, 5.74) is -0.913. The van der Waals surface area contributed by atoms with Crippen LogP contribution in [0, 0.1) is 0 Å². The molecule has 0 atom stereocenters. The molecule has 0 saturated heterocycles. The maximum Gasteiger partial charge on any atom is 0.434 e. The Bertz CT molecular complexity index is 735. The van der Waals surface area contributed by atoms with Gasteiger partial charge in [-0.25, -0.2) is 0 Å². The third kappa shape index (κ3) is 3.37. The number of halogens is 5. The second kappa shape index (κ2) is 6.16. The van der Waals surface area contributed by atoms with Gasteiger partial charge in [0.25, 0.3) is 5.91 Å². The molecular weight excluding hydrogens is 403 g/mol. The van der Waals surface area contributed by atoms with Gasteiger partial charge in [-0.05, 0) is 15.9 Å². The molecule has 2 rings (SSSR count). The quantitative estimate of drug-likeness (QED) is 0.776. The van der Waals surface area contributed by atoms with Crippen molar-refractivity contribution in [2.45, 2.75) is 12.7 Å². The minimum atomic E-state index is -4.69. The number of hydrogen-bond acceptors (Lipinski definition) is 3. The van der Waals surface area contributed by atoms with Crippen molar-refractivity contribution in [3.05, 3.63) is 32.8 Å². The van der Waals surface area contributed by atoms with Crippen LogP contribution >= 0.6 is 27.5 Å². The molecule has 0 radical (unpaired) electrons. The predicted molar refractivity (Wildman–Crippen MR) is 79.9 cm³/mol. The Morgan fingerprint density at radius 3 is 2.43 bits per heavy atom. The van der Waals surface area contributed by atoms with Crippen molar-refractivity contribution in [3.63, 3.8) is 0 Å². The van der Waals surface area contributed by atoms with Crippen molar-refractivity contribution in [1.29, 1.82) is 0 Å². The number of hydrogen-bond donors (Lipinski definition) is 0. The largest absolute Gasteiger partial charge is 0.434 e. The number of amides is 1. The van der Waals surface area contributed by atoms with Gasteiger partial charge in [-0.3, -0.25) is 14.2 Å². The second-order valence-corrected chi connectivity index (χ2v) is 6.09. The average molecular weight is 415 g/mol. The highest BCUT2D eigenvalue weighted by molar-refractivity contribution is 9.10. The van der Waals surface area contributed by atoms with Gasteiger partial charge in [-0.1, -0.05) is 11.6 Å². The van der Waals surface area contributed by atoms with Crippen LogP contribution < -0.4 is 0 Å². The normalized spacial score (nSPS) is 11.8. The summed E-state index contributed by atoms with van der Waals surface area (Å²) in [6, 6.07) is 0. The van der Waals surface area contributed by atoms with E-state index in [-0.39, 0.29) is 6.54 Å². The molecule has 0 bridgehead atoms. The molecular formula is C12H12BrClF3N5O. The van der Waals surface area contributed by atoms with Gasteiger partial charge in [0.15, 0.2) is 11.4 Å². The average Bonchev–Trinajstić information content (AvgIpc) is 2.90. The summed E-state index contributed by atoms with van der Waals surface area (Å²) in [6.07, 6.45) is -3.13. The van der Waals surface area contributed by atoms with E-state index in [4.69, 9.17) is 11.6 Å². The molecule has 0 spiro atoms. The van der Waals surface area contributed by atoms with Crippen molar-refractivity contribution in [3.8, 4) is 0 Å². The summed E-state index contributed by atoms with van der Waals surface area (Å²) in [5.74, 6) is -0.714. The van der Waals surface area contributed by atoms with E-state index in [2.05, 4.69) is 26.1 Å². The molecule has 0 aliphatic carbocycles. The molecule has 0 saturated carbocycles. The Morgan fingerprint density at radius 1 is 1.39 bits per heavy atom. The Balaban J connectivity index is 2.31. The zero-order valence-electron chi connectivity index (χ0n) is 12.3. The summed E-state index contributed by atoms with van der Waals surface area (Å²) in [4.78, 5) is 13.6. The molecule has 23 heavy (non-hydrogen) atoms. The predicted octanol–water partition coefficient (Wildman–Crippen LogP) is 2.86. The van der Waals surface area contributed by atoms with Gasteiger partial charge >= 0.3 is 6.18 Å². The number of carbonyl (C=O) groups excluding carboxylic acids is 1. The standard InChI is InChI=1S/C12H12BrClF3N5O/c1-20(5-7-6(13)4-18-21(7)2)11(23)9-8(14)10(12(15,16)17)22(3)19-9/h4H,5H2,1-3H3. The highest BCUT2D eigenvalue weighted by Crippen LogP contribution is 2.36. The number of nitrogens with zero attached hydrogens (tertiary/aromatic N) is 5. The molecule has 11 heteroatoms. The smallest absolute Gasteiger partial charge is 0.334 e. The Morgan fingerprint density at radius 2 is 2.00 bits per heavy atom. The Labute approximate surface area is 142 Å². The Kier molecular flexibility index (Phi) is 4.76. The van der Waals surface area contributed by atoms with Gasteiger partial charge < -0.3 is 4.90 Å². The third-order valence-electron chi connectivity index (χ3n) is 3.20. The van der Waals surface area contributed by atoms with Crippen LogP contribution in [-0.4, -0.2) is 37.4 Å². The van der Waals surface area contributed by atoms with Gasteiger partial charge in [0, 0.05) is 21.1 Å². The first-order valence-electron chi connectivity index (χ1n) is 6.25. The number of rotatable bonds is 3. The Hall–Kier alpha value is -1.55. The molecule has 2 aromatic heterocycles. The zero-order valence-corrected chi connectivity index (χ0v) is 14.7. The van der Waals surface area contributed by atoms with Crippen LogP contribution in [-0.2, 0) is 26.8 Å². The SMILES string of the molecule is CN(Cc1c(Br)cnn1C)C(=O)c1nn(C)c(C(F)(F)F)c1Cl. The first-order valence-corrected chi connectivity index (χ1v) is 7.42. The van der Waals surface area contributed by atoms with E-state index in [1.54, 1.807) is 17.9 Å². The molecule has 2 aromatic rings. The van der Waals surface area contributed by atoms with Gasteiger partial charge in [0.1, 0.15) is 5.02 Å². The number of alkyl halides is 3. The van der Waals surface area contributed by atoms with E-state index >= 15 is 0 Å².